The van der Waals surface area contributed by atoms with Crippen molar-refractivity contribution in [2.75, 3.05) is 6.61 Å². The predicted octanol–water partition coefficient (Wildman–Crippen LogP) is 4.67. The first-order valence-corrected chi connectivity index (χ1v) is 10.0. The second-order valence-corrected chi connectivity index (χ2v) is 9.06. The third kappa shape index (κ3) is 3.63. The summed E-state index contributed by atoms with van der Waals surface area (Å²) in [7, 11) is 0. The highest BCUT2D eigenvalue weighted by Crippen LogP contribution is 2.47. The predicted molar refractivity (Wildman–Crippen MR) is 110 cm³/mol. The maximum Gasteiger partial charge on any atom is 0.315 e. The van der Waals surface area contributed by atoms with Gasteiger partial charge in [0.15, 0.2) is 5.78 Å². The van der Waals surface area contributed by atoms with Crippen LogP contribution in [0.2, 0.25) is 0 Å². The average molecular weight is 465 g/mol. The van der Waals surface area contributed by atoms with Crippen LogP contribution in [0.5, 0.6) is 0 Å². The fraction of sp³-hybridized carbons (Fsp3) is 0.476. The Morgan fingerprint density at radius 2 is 1.92 bits per heavy atom. The minimum Gasteiger partial charge on any atom is -0.465 e. The summed E-state index contributed by atoms with van der Waals surface area (Å²) in [5.41, 5.74) is 3.14. The van der Waals surface area contributed by atoms with Crippen molar-refractivity contribution in [2.24, 2.45) is 16.3 Å². The van der Waals surface area contributed by atoms with Gasteiger partial charge < -0.3 is 4.74 Å². The van der Waals surface area contributed by atoms with Crippen molar-refractivity contribution in [3.8, 4) is 0 Å². The molecule has 1 aromatic carbocycles. The van der Waals surface area contributed by atoms with Crippen LogP contribution in [-0.4, -0.2) is 24.1 Å². The van der Waals surface area contributed by atoms with Crippen molar-refractivity contribution in [3.63, 3.8) is 0 Å². The van der Waals surface area contributed by atoms with Crippen LogP contribution in [-0.2, 0) is 14.3 Å². The van der Waals surface area contributed by atoms with Crippen molar-refractivity contribution in [1.82, 2.24) is 0 Å². The van der Waals surface area contributed by atoms with E-state index < -0.39 is 5.92 Å². The van der Waals surface area contributed by atoms with Crippen LogP contribution in [0.4, 0.5) is 0 Å². The number of hydrogen-bond acceptors (Lipinski definition) is 4. The van der Waals surface area contributed by atoms with Crippen molar-refractivity contribution < 1.29 is 14.3 Å². The molecule has 138 valence electrons. The van der Waals surface area contributed by atoms with Crippen LogP contribution in [0.1, 0.15) is 52.0 Å². The number of benzene rings is 1. The smallest absolute Gasteiger partial charge is 0.315 e. The molecule has 1 unspecified atom stereocenters. The van der Waals surface area contributed by atoms with E-state index in [0.717, 1.165) is 27.0 Å². The third-order valence-corrected chi connectivity index (χ3v) is 5.79. The lowest BCUT2D eigenvalue weighted by molar-refractivity contribution is -0.146. The number of allylic oxidation sites excluding steroid dienone is 2. The summed E-state index contributed by atoms with van der Waals surface area (Å²) in [6.45, 7) is 8.17. The van der Waals surface area contributed by atoms with Gasteiger partial charge in [-0.1, -0.05) is 26.0 Å². The lowest BCUT2D eigenvalue weighted by Gasteiger charge is -2.39. The molecule has 0 spiro atoms. The molecule has 0 fully saturated rings. The van der Waals surface area contributed by atoms with Gasteiger partial charge in [0.1, 0.15) is 5.92 Å². The van der Waals surface area contributed by atoms with E-state index in [0.29, 0.717) is 18.6 Å². The second-order valence-electron chi connectivity index (χ2n) is 7.81. The summed E-state index contributed by atoms with van der Waals surface area (Å²) >= 11 is 2.25. The number of esters is 1. The van der Waals surface area contributed by atoms with E-state index in [1.165, 1.54) is 0 Å². The SMILES string of the molecule is CCOC(=O)C1C(C)=NC2=C(C(=O)CC(C)(C)C2)[C@@H]1c1ccc(I)cc1. The molecule has 0 aromatic heterocycles. The van der Waals surface area contributed by atoms with Crippen LogP contribution in [0.15, 0.2) is 40.5 Å². The van der Waals surface area contributed by atoms with Gasteiger partial charge in [0, 0.05) is 32.9 Å². The second kappa shape index (κ2) is 7.25. The highest BCUT2D eigenvalue weighted by molar-refractivity contribution is 14.1. The van der Waals surface area contributed by atoms with Gasteiger partial charge in [-0.15, -0.1) is 0 Å². The minimum absolute atomic E-state index is 0.102. The number of nitrogens with zero attached hydrogens (tertiary/aromatic N) is 1. The summed E-state index contributed by atoms with van der Waals surface area (Å²) in [4.78, 5) is 30.5. The molecule has 1 aromatic rings. The van der Waals surface area contributed by atoms with E-state index in [9.17, 15) is 9.59 Å². The molecule has 0 radical (unpaired) electrons. The van der Waals surface area contributed by atoms with E-state index in [1.807, 2.05) is 31.2 Å². The molecular formula is C21H24INO3. The van der Waals surface area contributed by atoms with Gasteiger partial charge in [-0.3, -0.25) is 14.6 Å². The molecular weight excluding hydrogens is 441 g/mol. The van der Waals surface area contributed by atoms with Gasteiger partial charge in [-0.05, 0) is 66.0 Å². The number of carbonyl (C=O) groups is 2. The summed E-state index contributed by atoms with van der Waals surface area (Å²) in [6.07, 6.45) is 1.23. The molecule has 1 aliphatic heterocycles. The van der Waals surface area contributed by atoms with Crippen LogP contribution in [0, 0.1) is 14.9 Å². The topological polar surface area (TPSA) is 55.7 Å². The van der Waals surface area contributed by atoms with Crippen LogP contribution in [0.25, 0.3) is 0 Å². The Bertz CT molecular complexity index is 805. The van der Waals surface area contributed by atoms with Crippen molar-refractivity contribution in [3.05, 3.63) is 44.7 Å². The Hall–Kier alpha value is -1.50. The number of ketones is 1. The zero-order valence-electron chi connectivity index (χ0n) is 15.6. The third-order valence-electron chi connectivity index (χ3n) is 5.07. The molecule has 0 saturated carbocycles. The standard InChI is InChI=1S/C21H24INO3/c1-5-26-20(25)17-12(2)23-15-10-21(3,4)11-16(24)19(15)18(17)13-6-8-14(22)9-7-13/h6-9,17-18H,5,10-11H2,1-4H3/t17?,18-/m1/s1. The first kappa shape index (κ1) is 19.3. The fourth-order valence-corrected chi connectivity index (χ4v) is 4.37. The molecule has 5 heteroatoms. The van der Waals surface area contributed by atoms with E-state index in [-0.39, 0.29) is 23.1 Å². The molecule has 0 amide bonds. The number of hydrogen-bond donors (Lipinski definition) is 0. The normalized spacial score (nSPS) is 24.8. The van der Waals surface area contributed by atoms with Gasteiger partial charge in [0.2, 0.25) is 0 Å². The van der Waals surface area contributed by atoms with Crippen molar-refractivity contribution in [1.29, 1.82) is 0 Å². The van der Waals surface area contributed by atoms with Gasteiger partial charge in [-0.25, -0.2) is 0 Å². The Morgan fingerprint density at radius 3 is 2.54 bits per heavy atom. The van der Waals surface area contributed by atoms with Crippen molar-refractivity contribution >= 4 is 40.1 Å². The monoisotopic (exact) mass is 465 g/mol. The molecule has 1 aliphatic carbocycles. The number of ether oxygens (including phenoxy) is 1. The molecule has 2 aliphatic rings. The lowest BCUT2D eigenvalue weighted by Crippen LogP contribution is -2.39. The molecule has 1 heterocycles. The number of carbonyl (C=O) groups excluding carboxylic acids is 2. The van der Waals surface area contributed by atoms with E-state index in [1.54, 1.807) is 6.92 Å². The molecule has 0 bridgehead atoms. The minimum atomic E-state index is -0.543. The number of rotatable bonds is 3. The Morgan fingerprint density at radius 1 is 1.27 bits per heavy atom. The zero-order chi connectivity index (χ0) is 19.1. The summed E-state index contributed by atoms with van der Waals surface area (Å²) in [5.74, 6) is -1.06. The Balaban J connectivity index is 2.16. The summed E-state index contributed by atoms with van der Waals surface area (Å²) in [5, 5.41) is 0. The highest BCUT2D eigenvalue weighted by Gasteiger charge is 2.45. The maximum absolute atomic E-state index is 13.0. The molecule has 2 atom stereocenters. The van der Waals surface area contributed by atoms with Gasteiger partial charge >= 0.3 is 5.97 Å². The van der Waals surface area contributed by atoms with Crippen LogP contribution < -0.4 is 0 Å². The Kier molecular flexibility index (Phi) is 5.37. The van der Waals surface area contributed by atoms with E-state index >= 15 is 0 Å². The number of Topliss-reactive ketones (excluding diaryl/α,β-unsaturated/α-hetero) is 1. The van der Waals surface area contributed by atoms with Gasteiger partial charge in [0.25, 0.3) is 0 Å². The first-order valence-electron chi connectivity index (χ1n) is 8.97. The largest absolute Gasteiger partial charge is 0.465 e. The fourth-order valence-electron chi connectivity index (χ4n) is 4.01. The molecule has 26 heavy (non-hydrogen) atoms. The van der Waals surface area contributed by atoms with Gasteiger partial charge in [-0.2, -0.15) is 0 Å². The van der Waals surface area contributed by atoms with E-state index in [4.69, 9.17) is 9.73 Å². The number of halogens is 1. The molecule has 0 saturated heterocycles. The van der Waals surface area contributed by atoms with Crippen molar-refractivity contribution in [2.45, 2.75) is 46.5 Å². The summed E-state index contributed by atoms with van der Waals surface area (Å²) < 4.78 is 6.44. The van der Waals surface area contributed by atoms with E-state index in [2.05, 4.69) is 36.4 Å². The number of aliphatic imine (C=N–C) groups is 1. The zero-order valence-corrected chi connectivity index (χ0v) is 17.8. The van der Waals surface area contributed by atoms with Crippen LogP contribution in [0.3, 0.4) is 0 Å². The van der Waals surface area contributed by atoms with Crippen LogP contribution >= 0.6 is 22.6 Å². The maximum atomic E-state index is 13.0. The Labute approximate surface area is 168 Å². The van der Waals surface area contributed by atoms with Gasteiger partial charge in [0.05, 0.1) is 6.61 Å². The highest BCUT2D eigenvalue weighted by atomic mass is 127. The molecule has 4 nitrogen and oxygen atoms in total. The lowest BCUT2D eigenvalue weighted by atomic mass is 9.67. The quantitative estimate of drug-likeness (QED) is 0.482. The molecule has 0 N–H and O–H groups in total. The average Bonchev–Trinajstić information content (AvgIpc) is 2.53. The molecule has 3 rings (SSSR count). The first-order chi connectivity index (χ1) is 12.2. The summed E-state index contributed by atoms with van der Waals surface area (Å²) in [6, 6.07) is 8.04.